The van der Waals surface area contributed by atoms with Gasteiger partial charge in [-0.1, -0.05) is 54.6 Å². The lowest BCUT2D eigenvalue weighted by Crippen LogP contribution is -2.46. The summed E-state index contributed by atoms with van der Waals surface area (Å²) in [6, 6.07) is 17.4. The topological polar surface area (TPSA) is 239 Å². The molecule has 2 aromatic carbocycles. The van der Waals surface area contributed by atoms with Crippen molar-refractivity contribution in [1.82, 2.24) is 31.0 Å². The summed E-state index contributed by atoms with van der Waals surface area (Å²) in [6.07, 6.45) is 1.77. The summed E-state index contributed by atoms with van der Waals surface area (Å²) in [5, 5.41) is 13.4. The summed E-state index contributed by atoms with van der Waals surface area (Å²) in [6.45, 7) is -4.79. The smallest absolute Gasteiger partial charge is 0.329 e. The average Bonchev–Trinajstić information content (AvgIpc) is 3.60. The highest BCUT2D eigenvalue weighted by Gasteiger charge is 2.25. The lowest BCUT2D eigenvalue weighted by atomic mass is 10.0. The predicted molar refractivity (Wildman–Crippen MR) is 172 cm³/mol. The number of carbonyl (C=O) groups is 8. The molecule has 1 unspecified atom stereocenters. The number of cyclic esters (lactones) is 4. The third kappa shape index (κ3) is 13.1. The van der Waals surface area contributed by atoms with E-state index in [4.69, 9.17) is 14.2 Å². The quantitative estimate of drug-likeness (QED) is 0.169. The van der Waals surface area contributed by atoms with Crippen molar-refractivity contribution in [3.8, 4) is 11.3 Å². The first kappa shape index (κ1) is 37.2. The number of esters is 4. The molecule has 4 amide bonds. The minimum Gasteiger partial charge on any atom is -0.454 e. The molecule has 4 rings (SSSR count). The van der Waals surface area contributed by atoms with E-state index in [1.807, 2.05) is 54.7 Å². The Hall–Kier alpha value is -6.59. The van der Waals surface area contributed by atoms with Crippen molar-refractivity contribution in [2.75, 3.05) is 46.1 Å². The highest BCUT2D eigenvalue weighted by atomic mass is 16.6. The van der Waals surface area contributed by atoms with Crippen LogP contribution in [0.1, 0.15) is 11.1 Å². The van der Waals surface area contributed by atoms with Crippen molar-refractivity contribution < 1.29 is 57.3 Å². The zero-order chi connectivity index (χ0) is 36.6. The summed E-state index contributed by atoms with van der Waals surface area (Å²) in [7, 11) is 0. The van der Waals surface area contributed by atoms with E-state index in [1.165, 1.54) is 0 Å². The van der Waals surface area contributed by atoms with Crippen LogP contribution in [0.15, 0.2) is 66.9 Å². The van der Waals surface area contributed by atoms with Crippen molar-refractivity contribution in [2.45, 2.75) is 19.0 Å². The highest BCUT2D eigenvalue weighted by Crippen LogP contribution is 2.17. The number of benzene rings is 2. The fraction of sp³-hybridized carbons (Fsp3) is 0.303. The molecule has 18 heteroatoms. The molecule has 3 aromatic rings. The number of hydrogen-bond acceptors (Lipinski definition) is 13. The number of aromatic nitrogens is 2. The monoisotopic (exact) mass is 706 g/mol. The molecule has 1 fully saturated rings. The summed E-state index contributed by atoms with van der Waals surface area (Å²) in [5.74, 6) is -7.56. The van der Waals surface area contributed by atoms with E-state index in [-0.39, 0.29) is 6.42 Å². The van der Waals surface area contributed by atoms with Crippen LogP contribution in [0.5, 0.6) is 0 Å². The van der Waals surface area contributed by atoms with Gasteiger partial charge in [0.1, 0.15) is 25.7 Å². The van der Waals surface area contributed by atoms with E-state index in [0.29, 0.717) is 12.1 Å². The molecule has 0 saturated carbocycles. The first-order valence-corrected chi connectivity index (χ1v) is 15.4. The number of rotatable bonds is 5. The van der Waals surface area contributed by atoms with Crippen molar-refractivity contribution in [3.05, 3.63) is 78.0 Å². The fourth-order valence-electron chi connectivity index (χ4n) is 4.34. The standard InChI is InChI=1S/C33H34N6O12/c40-26-17-49-31(45)14-36-28(42)19-51-33(47)25(37-29(43)20-50-32(46)15-35-27(41)18-48-30(44)13-34-26)12-21-6-8-22(9-7-21)16-39-11-10-24(38-39)23-4-2-1-3-5-23/h1-11,25H,12-20H2,(H,34,40)(H,35,41)(H,36,42)(H,37,43). The van der Waals surface area contributed by atoms with E-state index in [2.05, 4.69) is 31.1 Å². The molecule has 0 radical (unpaired) electrons. The normalized spacial score (nSPS) is 18.0. The van der Waals surface area contributed by atoms with Gasteiger partial charge in [-0.25, -0.2) is 4.79 Å². The molecule has 1 aromatic heterocycles. The molecule has 2 heterocycles. The van der Waals surface area contributed by atoms with Gasteiger partial charge in [-0.3, -0.25) is 38.2 Å². The second kappa shape index (κ2) is 18.8. The summed E-state index contributed by atoms with van der Waals surface area (Å²) < 4.78 is 21.0. The number of nitrogens with zero attached hydrogens (tertiary/aromatic N) is 2. The average molecular weight is 707 g/mol. The van der Waals surface area contributed by atoms with Crippen molar-refractivity contribution in [1.29, 1.82) is 0 Å². The molecule has 0 spiro atoms. The van der Waals surface area contributed by atoms with Crippen LogP contribution < -0.4 is 21.3 Å². The Morgan fingerprint density at radius 3 is 1.63 bits per heavy atom. The number of nitrogens with one attached hydrogen (secondary N) is 4. The Morgan fingerprint density at radius 2 is 1.08 bits per heavy atom. The SMILES string of the molecule is O=C1COC(=O)CNC(=O)COC(=O)C(Cc2ccc(Cn3ccc(-c4ccccc4)n3)cc2)NC(=O)COC(=O)CNC(=O)COC(=O)CN1. The molecule has 1 aliphatic heterocycles. The minimum absolute atomic E-state index is 0.0798. The molecular formula is C33H34N6O12. The minimum atomic E-state index is -1.34. The van der Waals surface area contributed by atoms with E-state index in [9.17, 15) is 38.4 Å². The van der Waals surface area contributed by atoms with Crippen LogP contribution in [-0.4, -0.2) is 109 Å². The van der Waals surface area contributed by atoms with Gasteiger partial charge in [-0.15, -0.1) is 0 Å². The molecule has 18 nitrogen and oxygen atoms in total. The maximum absolute atomic E-state index is 13.0. The summed E-state index contributed by atoms with van der Waals surface area (Å²) >= 11 is 0. The number of carbonyl (C=O) groups excluding carboxylic acids is 8. The number of ether oxygens (including phenoxy) is 4. The van der Waals surface area contributed by atoms with Crippen LogP contribution in [0.3, 0.4) is 0 Å². The fourth-order valence-corrected chi connectivity index (χ4v) is 4.34. The molecule has 1 aliphatic rings. The first-order valence-electron chi connectivity index (χ1n) is 15.4. The summed E-state index contributed by atoms with van der Waals surface area (Å²) in [5.41, 5.74) is 3.31. The van der Waals surface area contributed by atoms with Gasteiger partial charge in [0.25, 0.3) is 23.6 Å². The van der Waals surface area contributed by atoms with Gasteiger partial charge in [-0.2, -0.15) is 5.10 Å². The summed E-state index contributed by atoms with van der Waals surface area (Å²) in [4.78, 5) is 97.3. The van der Waals surface area contributed by atoms with Crippen LogP contribution in [0, 0.1) is 0 Å². The molecule has 1 atom stereocenters. The van der Waals surface area contributed by atoms with E-state index >= 15 is 0 Å². The molecule has 0 bridgehead atoms. The second-order valence-electron chi connectivity index (χ2n) is 10.8. The zero-order valence-electron chi connectivity index (χ0n) is 27.1. The predicted octanol–water partition coefficient (Wildman–Crippen LogP) is -1.84. The largest absolute Gasteiger partial charge is 0.454 e. The molecule has 1 saturated heterocycles. The number of amides is 4. The Bertz CT molecular complexity index is 1740. The molecular weight excluding hydrogens is 672 g/mol. The Labute approximate surface area is 290 Å². The van der Waals surface area contributed by atoms with Crippen LogP contribution in [-0.2, 0) is 70.3 Å². The van der Waals surface area contributed by atoms with E-state index in [0.717, 1.165) is 16.8 Å². The van der Waals surface area contributed by atoms with Gasteiger partial charge in [0.15, 0.2) is 26.4 Å². The molecule has 51 heavy (non-hydrogen) atoms. The third-order valence-corrected chi connectivity index (χ3v) is 6.87. The van der Waals surface area contributed by atoms with Gasteiger partial charge in [-0.05, 0) is 17.2 Å². The first-order chi connectivity index (χ1) is 24.5. The van der Waals surface area contributed by atoms with Gasteiger partial charge < -0.3 is 40.2 Å². The zero-order valence-corrected chi connectivity index (χ0v) is 27.1. The van der Waals surface area contributed by atoms with Crippen LogP contribution >= 0.6 is 0 Å². The lowest BCUT2D eigenvalue weighted by molar-refractivity contribution is -0.154. The van der Waals surface area contributed by atoms with Crippen molar-refractivity contribution in [2.24, 2.45) is 0 Å². The van der Waals surface area contributed by atoms with Crippen LogP contribution in [0.25, 0.3) is 11.3 Å². The molecule has 0 aliphatic carbocycles. The second-order valence-corrected chi connectivity index (χ2v) is 10.8. The number of hydrogen-bond donors (Lipinski definition) is 4. The van der Waals surface area contributed by atoms with Gasteiger partial charge >= 0.3 is 23.9 Å². The van der Waals surface area contributed by atoms with Gasteiger partial charge in [0, 0.05) is 18.2 Å². The third-order valence-electron chi connectivity index (χ3n) is 6.87. The van der Waals surface area contributed by atoms with Gasteiger partial charge in [0.2, 0.25) is 0 Å². The van der Waals surface area contributed by atoms with E-state index < -0.39 is 99.6 Å². The Balaban J connectivity index is 1.38. The van der Waals surface area contributed by atoms with Crippen LogP contribution in [0.4, 0.5) is 0 Å². The molecule has 4 N–H and O–H groups in total. The maximum Gasteiger partial charge on any atom is 0.329 e. The van der Waals surface area contributed by atoms with Crippen molar-refractivity contribution >= 4 is 47.5 Å². The Morgan fingerprint density at radius 1 is 0.588 bits per heavy atom. The molecule has 268 valence electrons. The van der Waals surface area contributed by atoms with Crippen molar-refractivity contribution in [3.63, 3.8) is 0 Å². The highest BCUT2D eigenvalue weighted by molar-refractivity contribution is 5.90. The lowest BCUT2D eigenvalue weighted by Gasteiger charge is -2.18. The Kier molecular flexibility index (Phi) is 13.7. The van der Waals surface area contributed by atoms with Gasteiger partial charge in [0.05, 0.1) is 12.2 Å². The maximum atomic E-state index is 13.0. The van der Waals surface area contributed by atoms with E-state index in [1.54, 1.807) is 16.8 Å². The van der Waals surface area contributed by atoms with Crippen LogP contribution in [0.2, 0.25) is 0 Å².